The van der Waals surface area contributed by atoms with Gasteiger partial charge in [0.1, 0.15) is 4.90 Å². The van der Waals surface area contributed by atoms with E-state index >= 15 is 0 Å². The summed E-state index contributed by atoms with van der Waals surface area (Å²) in [6, 6.07) is 3.62. The molecule has 1 aliphatic heterocycles. The molecule has 1 aromatic heterocycles. The fourth-order valence-electron chi connectivity index (χ4n) is 2.84. The Morgan fingerprint density at radius 2 is 1.52 bits per heavy atom. The third-order valence-electron chi connectivity index (χ3n) is 4.44. The molecule has 0 spiro atoms. The number of sulfonamides is 1. The standard InChI is InChI=1S/C16H17N3O7S/c1-17-9(5-14(20)18(2)16(17)22)8-19-15(21)10-6-11(25-3)12(26-4)7-13(10)27(19,23)24/h5-7H,8H2,1-4H3. The third kappa shape index (κ3) is 2.70. The minimum atomic E-state index is -4.18. The van der Waals surface area contributed by atoms with Crippen molar-refractivity contribution in [1.29, 1.82) is 0 Å². The molecule has 1 aromatic carbocycles. The van der Waals surface area contributed by atoms with E-state index in [1.807, 2.05) is 0 Å². The highest BCUT2D eigenvalue weighted by atomic mass is 32.2. The number of aromatic nitrogens is 2. The molecule has 2 heterocycles. The second-order valence-corrected chi connectivity index (χ2v) is 7.73. The first-order chi connectivity index (χ1) is 12.6. The zero-order chi connectivity index (χ0) is 20.1. The number of rotatable bonds is 4. The second-order valence-electron chi connectivity index (χ2n) is 5.89. The lowest BCUT2D eigenvalue weighted by Crippen LogP contribution is -2.40. The average Bonchev–Trinajstić information content (AvgIpc) is 2.83. The molecule has 0 atom stereocenters. The van der Waals surface area contributed by atoms with Gasteiger partial charge in [-0.3, -0.25) is 18.7 Å². The molecule has 1 amide bonds. The van der Waals surface area contributed by atoms with Gasteiger partial charge < -0.3 is 9.47 Å². The molecule has 10 nitrogen and oxygen atoms in total. The Balaban J connectivity index is 2.13. The maximum absolute atomic E-state index is 12.9. The van der Waals surface area contributed by atoms with E-state index in [0.29, 0.717) is 4.31 Å². The van der Waals surface area contributed by atoms with Gasteiger partial charge in [-0.1, -0.05) is 0 Å². The normalized spacial score (nSPS) is 15.0. The number of methoxy groups -OCH3 is 2. The molecular weight excluding hydrogens is 378 g/mol. The summed E-state index contributed by atoms with van der Waals surface area (Å²) in [6.45, 7) is -0.456. The van der Waals surface area contributed by atoms with Crippen LogP contribution in [0.2, 0.25) is 0 Å². The highest BCUT2D eigenvalue weighted by molar-refractivity contribution is 7.90. The summed E-state index contributed by atoms with van der Waals surface area (Å²) in [4.78, 5) is 36.4. The highest BCUT2D eigenvalue weighted by Crippen LogP contribution is 2.39. The van der Waals surface area contributed by atoms with Crippen LogP contribution in [0.3, 0.4) is 0 Å². The number of ether oxygens (including phenoxy) is 2. The summed E-state index contributed by atoms with van der Waals surface area (Å²) in [6.07, 6.45) is 0. The number of hydrogen-bond donors (Lipinski definition) is 0. The molecule has 11 heteroatoms. The summed E-state index contributed by atoms with van der Waals surface area (Å²) in [5, 5.41) is 0. The molecular formula is C16H17N3O7S. The molecule has 0 radical (unpaired) electrons. The van der Waals surface area contributed by atoms with E-state index in [0.717, 1.165) is 15.2 Å². The lowest BCUT2D eigenvalue weighted by molar-refractivity contribution is 0.0862. The largest absolute Gasteiger partial charge is 0.493 e. The van der Waals surface area contributed by atoms with Gasteiger partial charge in [-0.2, -0.15) is 0 Å². The summed E-state index contributed by atoms with van der Waals surface area (Å²) in [5.74, 6) is -0.405. The quantitative estimate of drug-likeness (QED) is 0.681. The summed E-state index contributed by atoms with van der Waals surface area (Å²) in [7, 11) is 1.23. The Bertz CT molecular complexity index is 1180. The molecule has 27 heavy (non-hydrogen) atoms. The zero-order valence-corrected chi connectivity index (χ0v) is 15.9. The minimum Gasteiger partial charge on any atom is -0.493 e. The maximum atomic E-state index is 12.9. The van der Waals surface area contributed by atoms with E-state index in [2.05, 4.69) is 0 Å². The fraction of sp³-hybridized carbons (Fsp3) is 0.312. The van der Waals surface area contributed by atoms with Crippen molar-refractivity contribution >= 4 is 15.9 Å². The second kappa shape index (κ2) is 6.27. The molecule has 2 aromatic rings. The number of fused-ring (bicyclic) bond motifs is 1. The van der Waals surface area contributed by atoms with Crippen LogP contribution < -0.4 is 20.7 Å². The first-order valence-electron chi connectivity index (χ1n) is 7.72. The van der Waals surface area contributed by atoms with Crippen LogP contribution in [0.15, 0.2) is 32.7 Å². The number of nitrogens with zero attached hydrogens (tertiary/aromatic N) is 3. The average molecular weight is 395 g/mol. The van der Waals surface area contributed by atoms with Crippen molar-refractivity contribution in [3.63, 3.8) is 0 Å². The number of hydrogen-bond acceptors (Lipinski definition) is 7. The van der Waals surface area contributed by atoms with Crippen LogP contribution in [-0.2, 0) is 30.7 Å². The molecule has 0 saturated carbocycles. The predicted octanol–water partition coefficient (Wildman–Crippen LogP) is -0.554. The van der Waals surface area contributed by atoms with E-state index in [1.165, 1.54) is 40.4 Å². The Morgan fingerprint density at radius 3 is 2.11 bits per heavy atom. The summed E-state index contributed by atoms with van der Waals surface area (Å²) >= 11 is 0. The zero-order valence-electron chi connectivity index (χ0n) is 15.0. The Morgan fingerprint density at radius 1 is 0.926 bits per heavy atom. The minimum absolute atomic E-state index is 0.0681. The predicted molar refractivity (Wildman–Crippen MR) is 93.5 cm³/mol. The Hall–Kier alpha value is -3.08. The van der Waals surface area contributed by atoms with Gasteiger partial charge in [-0.15, -0.1) is 0 Å². The van der Waals surface area contributed by atoms with Gasteiger partial charge in [-0.25, -0.2) is 17.5 Å². The number of carbonyl (C=O) groups excluding carboxylic acids is 1. The van der Waals surface area contributed by atoms with Crippen LogP contribution in [0.5, 0.6) is 11.5 Å². The molecule has 0 fully saturated rings. The van der Waals surface area contributed by atoms with Crippen LogP contribution >= 0.6 is 0 Å². The van der Waals surface area contributed by atoms with Gasteiger partial charge in [0, 0.05) is 31.9 Å². The molecule has 1 aliphatic rings. The van der Waals surface area contributed by atoms with Gasteiger partial charge in [-0.05, 0) is 6.07 Å². The van der Waals surface area contributed by atoms with Crippen molar-refractivity contribution in [2.45, 2.75) is 11.4 Å². The van der Waals surface area contributed by atoms with E-state index in [4.69, 9.17) is 9.47 Å². The van der Waals surface area contributed by atoms with Crippen molar-refractivity contribution in [3.05, 3.63) is 50.3 Å². The SMILES string of the molecule is COc1cc2c(cc1OC)S(=O)(=O)N(Cc1cc(=O)n(C)c(=O)n1C)C2=O. The van der Waals surface area contributed by atoms with Crippen molar-refractivity contribution < 1.29 is 22.7 Å². The molecule has 0 N–H and O–H groups in total. The molecule has 3 rings (SSSR count). The molecule has 0 unspecified atom stereocenters. The van der Waals surface area contributed by atoms with Crippen LogP contribution in [0, 0.1) is 0 Å². The molecule has 0 aliphatic carbocycles. The Kier molecular flexibility index (Phi) is 4.34. The summed E-state index contributed by atoms with van der Waals surface area (Å²) < 4.78 is 38.5. The van der Waals surface area contributed by atoms with E-state index < -0.39 is 33.7 Å². The van der Waals surface area contributed by atoms with Gasteiger partial charge in [0.15, 0.2) is 11.5 Å². The number of benzene rings is 1. The van der Waals surface area contributed by atoms with Gasteiger partial charge in [0.25, 0.3) is 21.5 Å². The van der Waals surface area contributed by atoms with Crippen LogP contribution in [0.1, 0.15) is 16.1 Å². The van der Waals surface area contributed by atoms with Gasteiger partial charge >= 0.3 is 5.69 Å². The maximum Gasteiger partial charge on any atom is 0.330 e. The van der Waals surface area contributed by atoms with E-state index in [-0.39, 0.29) is 27.7 Å². The summed E-state index contributed by atoms with van der Waals surface area (Å²) in [5.41, 5.74) is -1.20. The highest BCUT2D eigenvalue weighted by Gasteiger charge is 2.42. The van der Waals surface area contributed by atoms with Crippen LogP contribution in [-0.4, -0.2) is 42.0 Å². The smallest absolute Gasteiger partial charge is 0.330 e. The van der Waals surface area contributed by atoms with Crippen LogP contribution in [0.4, 0.5) is 0 Å². The van der Waals surface area contributed by atoms with Crippen molar-refractivity contribution in [3.8, 4) is 11.5 Å². The van der Waals surface area contributed by atoms with Crippen molar-refractivity contribution in [2.75, 3.05) is 14.2 Å². The third-order valence-corrected chi connectivity index (χ3v) is 6.21. The van der Waals surface area contributed by atoms with Crippen LogP contribution in [0.25, 0.3) is 0 Å². The molecule has 144 valence electrons. The van der Waals surface area contributed by atoms with Gasteiger partial charge in [0.2, 0.25) is 0 Å². The Labute approximate surface area is 154 Å². The molecule has 0 bridgehead atoms. The van der Waals surface area contributed by atoms with Gasteiger partial charge in [0.05, 0.1) is 26.3 Å². The number of carbonyl (C=O) groups is 1. The van der Waals surface area contributed by atoms with E-state index in [9.17, 15) is 22.8 Å². The lowest BCUT2D eigenvalue weighted by atomic mass is 10.2. The fourth-order valence-corrected chi connectivity index (χ4v) is 4.37. The van der Waals surface area contributed by atoms with E-state index in [1.54, 1.807) is 0 Å². The van der Waals surface area contributed by atoms with Crippen molar-refractivity contribution in [2.24, 2.45) is 14.1 Å². The lowest BCUT2D eigenvalue weighted by Gasteiger charge is -2.17. The monoisotopic (exact) mass is 395 g/mol. The topological polar surface area (TPSA) is 117 Å². The first-order valence-corrected chi connectivity index (χ1v) is 9.16. The molecule has 0 saturated heterocycles. The number of amides is 1. The van der Waals surface area contributed by atoms with Crippen molar-refractivity contribution in [1.82, 2.24) is 13.4 Å². The first kappa shape index (κ1) is 18.7.